The first-order chi connectivity index (χ1) is 34.1. The lowest BCUT2D eigenvalue weighted by atomic mass is 9.66. The number of carbonyl (C=O) groups excluding carboxylic acids is 6. The van der Waals surface area contributed by atoms with Crippen molar-refractivity contribution in [1.29, 1.82) is 5.41 Å². The number of aliphatic hydroxyl groups is 3. The number of piperidine rings is 1. The molecule has 0 aromatic rings. The van der Waals surface area contributed by atoms with Gasteiger partial charge in [-0.2, -0.15) is 8.42 Å². The molecule has 3 saturated heterocycles. The van der Waals surface area contributed by atoms with Gasteiger partial charge in [-0.3, -0.25) is 33.9 Å². The number of esters is 2. The van der Waals surface area contributed by atoms with Crippen LogP contribution in [0.25, 0.3) is 0 Å². The van der Waals surface area contributed by atoms with Gasteiger partial charge in [-0.25, -0.2) is 8.98 Å². The molecular formula is C45H73N7O19S. The molecule has 14 atom stereocenters. The Kier molecular flexibility index (Phi) is 21.0. The van der Waals surface area contributed by atoms with E-state index in [1.54, 1.807) is 18.7 Å². The van der Waals surface area contributed by atoms with Crippen molar-refractivity contribution in [1.82, 2.24) is 25.8 Å². The Morgan fingerprint density at radius 2 is 1.72 bits per heavy atom. The van der Waals surface area contributed by atoms with Gasteiger partial charge in [0.15, 0.2) is 30.1 Å². The predicted octanol–water partition coefficient (Wildman–Crippen LogP) is -0.978. The molecule has 26 nitrogen and oxygen atoms in total. The van der Waals surface area contributed by atoms with Crippen LogP contribution in [0, 0.1) is 11.3 Å². The van der Waals surface area contributed by atoms with Crippen molar-refractivity contribution in [3.05, 3.63) is 11.6 Å². The van der Waals surface area contributed by atoms with Crippen molar-refractivity contribution < 1.29 is 89.7 Å². The van der Waals surface area contributed by atoms with Crippen LogP contribution in [0.1, 0.15) is 105 Å². The Labute approximate surface area is 418 Å². The minimum Gasteiger partial charge on any atom is -0.463 e. The van der Waals surface area contributed by atoms with Gasteiger partial charge >= 0.3 is 28.4 Å². The zero-order chi connectivity index (χ0) is 53.1. The van der Waals surface area contributed by atoms with E-state index in [9.17, 15) is 52.3 Å². The summed E-state index contributed by atoms with van der Waals surface area (Å²) >= 11 is 0. The first kappa shape index (κ1) is 58.2. The third kappa shape index (κ3) is 14.3. The van der Waals surface area contributed by atoms with E-state index in [2.05, 4.69) is 20.1 Å². The molecule has 0 radical (unpaired) electrons. The molecule has 4 heterocycles. The third-order valence-corrected chi connectivity index (χ3v) is 14.3. The Balaban J connectivity index is 1.52. The van der Waals surface area contributed by atoms with Gasteiger partial charge in [0, 0.05) is 46.0 Å². The number of unbranched alkanes of at least 4 members (excludes halogenated alkanes) is 4. The number of methoxy groups -OCH3 is 1. The van der Waals surface area contributed by atoms with Crippen molar-refractivity contribution in [3.63, 3.8) is 0 Å². The van der Waals surface area contributed by atoms with E-state index in [0.717, 1.165) is 36.8 Å². The molecule has 4 fully saturated rings. The van der Waals surface area contributed by atoms with Gasteiger partial charge in [0.05, 0.1) is 12.1 Å². The number of carbonyl (C=O) groups is 6. The largest absolute Gasteiger partial charge is 0.463 e. The third-order valence-electron chi connectivity index (χ3n) is 13.9. The smallest absolute Gasteiger partial charge is 0.408 e. The number of amides is 4. The highest BCUT2D eigenvalue weighted by molar-refractivity contribution is 7.80. The zero-order valence-electron chi connectivity index (χ0n) is 41.4. The van der Waals surface area contributed by atoms with Crippen LogP contribution in [0.3, 0.4) is 0 Å². The Bertz CT molecular complexity index is 2080. The van der Waals surface area contributed by atoms with E-state index in [1.807, 2.05) is 19.9 Å². The zero-order valence-corrected chi connectivity index (χ0v) is 42.2. The highest BCUT2D eigenvalue weighted by Gasteiger charge is 2.70. The number of nitrogens with two attached hydrogens (primary N) is 1. The minimum atomic E-state index is -5.03. The van der Waals surface area contributed by atoms with Gasteiger partial charge < -0.3 is 75.2 Å². The highest BCUT2D eigenvalue weighted by Crippen LogP contribution is 2.48. The summed E-state index contributed by atoms with van der Waals surface area (Å²) in [7, 11) is -3.97. The first-order valence-electron chi connectivity index (χ1n) is 24.6. The molecule has 10 N–H and O–H groups in total. The number of guanidine groups is 1. The van der Waals surface area contributed by atoms with Crippen molar-refractivity contribution in [2.24, 2.45) is 11.7 Å². The number of likely N-dealkylation sites (tertiary alicyclic amines) is 1. The average molecular weight is 1050 g/mol. The second-order valence-corrected chi connectivity index (χ2v) is 20.0. The van der Waals surface area contributed by atoms with Crippen LogP contribution in [0.2, 0.25) is 0 Å². The van der Waals surface area contributed by atoms with Crippen LogP contribution in [-0.2, 0) is 67.0 Å². The lowest BCUT2D eigenvalue weighted by Gasteiger charge is -2.58. The summed E-state index contributed by atoms with van der Waals surface area (Å²) in [6.07, 6.45) is -8.24. The summed E-state index contributed by atoms with van der Waals surface area (Å²) in [5.74, 6) is -4.97. The molecule has 1 saturated carbocycles. The number of nitrogens with zero attached hydrogens (tertiary/aromatic N) is 2. The molecule has 1 spiro atoms. The van der Waals surface area contributed by atoms with E-state index in [-0.39, 0.29) is 44.6 Å². The van der Waals surface area contributed by atoms with Gasteiger partial charge in [0.1, 0.15) is 55.8 Å². The van der Waals surface area contributed by atoms with E-state index in [0.29, 0.717) is 38.8 Å². The molecule has 5 rings (SSSR count). The number of hydrogen-bond acceptors (Lipinski definition) is 19. The summed E-state index contributed by atoms with van der Waals surface area (Å²) in [4.78, 5) is 85.7. The van der Waals surface area contributed by atoms with E-state index >= 15 is 4.79 Å². The minimum absolute atomic E-state index is 0.0121. The van der Waals surface area contributed by atoms with Crippen LogP contribution in [0.5, 0.6) is 0 Å². The summed E-state index contributed by atoms with van der Waals surface area (Å²) in [6, 6.07) is -6.12. The number of hydrogen-bond donors (Lipinski definition) is 9. The molecule has 408 valence electrons. The van der Waals surface area contributed by atoms with E-state index < -0.39 is 144 Å². The van der Waals surface area contributed by atoms with Gasteiger partial charge in [-0.15, -0.1) is 0 Å². The van der Waals surface area contributed by atoms with Crippen molar-refractivity contribution in [2.75, 3.05) is 40.0 Å². The van der Waals surface area contributed by atoms with Gasteiger partial charge in [0.25, 0.3) is 5.91 Å². The van der Waals surface area contributed by atoms with Crippen LogP contribution in [0.15, 0.2) is 11.6 Å². The van der Waals surface area contributed by atoms with Crippen molar-refractivity contribution in [2.45, 2.75) is 184 Å². The Hall–Kier alpha value is -4.74. The molecule has 0 aromatic carbocycles. The lowest BCUT2D eigenvalue weighted by Crippen LogP contribution is -2.80. The molecule has 0 aromatic heterocycles. The SMILES string of the molecule is CCCCCC(=O)OC[C@H]1O[C@H](O[C@@H]2C[C@@H]3[C@@H](O)[C@@]4(C2)OC(=O)N[C@H]4[C@H](C(=O)NCCC2=CCN(C(=N)N)C2)N3C(=O)[C@H](NC(=O)[C@H](COS(=O)(=O)O)OC)[C@@H](C)CC)[C@H](OC(=O)CCCCC)[C@@H](O)[C@H]1O. The maximum Gasteiger partial charge on any atom is 0.408 e. The molecule has 4 aliphatic heterocycles. The number of fused-ring (bicyclic) bond motifs is 1. The monoisotopic (exact) mass is 1050 g/mol. The lowest BCUT2D eigenvalue weighted by molar-refractivity contribution is -0.324. The van der Waals surface area contributed by atoms with Crippen LogP contribution < -0.4 is 21.7 Å². The normalized spacial score (nSPS) is 30.2. The molecule has 2 bridgehead atoms. The molecular weight excluding hydrogens is 975 g/mol. The number of aliphatic hydroxyl groups excluding tert-OH is 3. The van der Waals surface area contributed by atoms with Crippen molar-refractivity contribution >= 4 is 52.1 Å². The predicted molar refractivity (Wildman–Crippen MR) is 249 cm³/mol. The Morgan fingerprint density at radius 3 is 2.33 bits per heavy atom. The fourth-order valence-corrected chi connectivity index (χ4v) is 10.0. The second-order valence-electron chi connectivity index (χ2n) is 18.9. The average Bonchev–Trinajstić information content (AvgIpc) is 3.94. The second kappa shape index (κ2) is 26.0. The molecule has 27 heteroatoms. The number of alkyl carbamates (subject to hydrolysis) is 1. The molecule has 4 amide bonds. The summed E-state index contributed by atoms with van der Waals surface area (Å²) in [5.41, 5.74) is 4.51. The number of ether oxygens (including phenoxy) is 6. The maximum atomic E-state index is 15.4. The van der Waals surface area contributed by atoms with Crippen LogP contribution in [-0.4, -0.2) is 199 Å². The number of nitrogens with one attached hydrogen (secondary N) is 4. The topological polar surface area (TPSA) is 375 Å². The van der Waals surface area contributed by atoms with E-state index in [1.165, 1.54) is 0 Å². The maximum absolute atomic E-state index is 15.4. The molecule has 1 aliphatic carbocycles. The van der Waals surface area contributed by atoms with Gasteiger partial charge in [0.2, 0.25) is 11.8 Å². The standard InChI is InChI=1S/C45H73N7O19S/c1-6-9-11-13-30(53)66-22-28-34(55)35(56)36(70-31(54)14-12-10-7-2)42(69-28)68-26-19-27-38(57)45(20-26)37(50-44(61)71-45)33(40(59)48-17-15-25-16-18-51(21-25)43(46)47)52(27)41(60)32(24(4)8-3)49-39(58)29(65-5)23-67-72(62,63)64/h16,24,26-29,32-38,42,55-57H,6-15,17-23H2,1-5H3,(H3,46,47)(H,48,59)(H,49,58)(H,50,61)(H,62,63,64)/t24-,26+,27+,28+,29-,32+,33+,34-,35-,36+,37-,38+,42-,45-/m0/s1. The first-order valence-corrected chi connectivity index (χ1v) is 26.0. The highest BCUT2D eigenvalue weighted by atomic mass is 32.3. The fourth-order valence-electron chi connectivity index (χ4n) is 9.75. The van der Waals surface area contributed by atoms with Gasteiger partial charge in [-0.1, -0.05) is 71.4 Å². The molecule has 72 heavy (non-hydrogen) atoms. The van der Waals surface area contributed by atoms with E-state index in [4.69, 9.17) is 39.6 Å². The van der Waals surface area contributed by atoms with Crippen molar-refractivity contribution in [3.8, 4) is 0 Å². The number of rotatable bonds is 26. The summed E-state index contributed by atoms with van der Waals surface area (Å²) < 4.78 is 71.1. The van der Waals surface area contributed by atoms with Crippen LogP contribution >= 0.6 is 0 Å². The molecule has 5 aliphatic rings. The fraction of sp³-hybridized carbons (Fsp3) is 0.800. The van der Waals surface area contributed by atoms with Crippen LogP contribution in [0.4, 0.5) is 4.79 Å². The molecule has 0 unspecified atom stereocenters. The summed E-state index contributed by atoms with van der Waals surface area (Å²) in [5, 5.41) is 50.9. The Morgan fingerprint density at radius 1 is 1.04 bits per heavy atom. The quantitative estimate of drug-likeness (QED) is 0.00956. The van der Waals surface area contributed by atoms with Gasteiger partial charge in [-0.05, 0) is 31.6 Å². The summed E-state index contributed by atoms with van der Waals surface area (Å²) in [6.45, 7) is 6.43.